The largest absolute Gasteiger partial charge is 0.493 e. The predicted molar refractivity (Wildman–Crippen MR) is 101 cm³/mol. The summed E-state index contributed by atoms with van der Waals surface area (Å²) in [6.07, 6.45) is 1.64. The van der Waals surface area contributed by atoms with Gasteiger partial charge in [0.1, 0.15) is 6.61 Å². The van der Waals surface area contributed by atoms with Gasteiger partial charge in [0.05, 0.1) is 12.7 Å². The minimum absolute atomic E-state index is 0.0163. The van der Waals surface area contributed by atoms with E-state index < -0.39 is 24.4 Å². The fourth-order valence-electron chi connectivity index (χ4n) is 2.60. The van der Waals surface area contributed by atoms with Gasteiger partial charge < -0.3 is 25.3 Å². The number of hydrogen-bond acceptors (Lipinski definition) is 6. The second-order valence-electron chi connectivity index (χ2n) is 5.90. The molecule has 0 spiro atoms. The molecule has 3 rings (SSSR count). The molecule has 0 atom stereocenters. The van der Waals surface area contributed by atoms with Crippen LogP contribution in [0, 0.1) is 0 Å². The Labute approximate surface area is 160 Å². The highest BCUT2D eigenvalue weighted by molar-refractivity contribution is 5.99. The number of ether oxygens (including phenoxy) is 3. The van der Waals surface area contributed by atoms with Gasteiger partial charge in [0.25, 0.3) is 5.91 Å². The van der Waals surface area contributed by atoms with E-state index in [0.29, 0.717) is 33.9 Å². The molecule has 1 aliphatic heterocycles. The average molecular weight is 382 g/mol. The second kappa shape index (κ2) is 8.26. The van der Waals surface area contributed by atoms with Crippen LogP contribution in [0.4, 0.5) is 5.69 Å². The van der Waals surface area contributed by atoms with Gasteiger partial charge in [-0.25, -0.2) is 4.79 Å². The van der Waals surface area contributed by atoms with E-state index in [0.717, 1.165) is 0 Å². The van der Waals surface area contributed by atoms with Crippen molar-refractivity contribution < 1.29 is 28.6 Å². The lowest BCUT2D eigenvalue weighted by molar-refractivity contribution is -0.143. The number of carbonyl (C=O) groups is 3. The maximum absolute atomic E-state index is 12.2. The smallest absolute Gasteiger partial charge is 0.338 e. The predicted octanol–water partition coefficient (Wildman–Crippen LogP) is 1.75. The molecule has 2 aromatic rings. The topological polar surface area (TPSA) is 117 Å². The summed E-state index contributed by atoms with van der Waals surface area (Å²) in [5, 5.41) is 2.56. The van der Waals surface area contributed by atoms with E-state index in [1.165, 1.54) is 31.4 Å². The van der Waals surface area contributed by atoms with Crippen LogP contribution in [-0.2, 0) is 14.3 Å². The number of primary amides is 1. The van der Waals surface area contributed by atoms with Crippen LogP contribution in [0.1, 0.15) is 15.9 Å². The molecule has 2 amide bonds. The number of rotatable bonds is 6. The van der Waals surface area contributed by atoms with E-state index in [-0.39, 0.29) is 6.61 Å². The molecule has 0 radical (unpaired) electrons. The summed E-state index contributed by atoms with van der Waals surface area (Å²) in [7, 11) is 1.53. The highest BCUT2D eigenvalue weighted by Gasteiger charge is 2.21. The highest BCUT2D eigenvalue weighted by atomic mass is 16.5. The van der Waals surface area contributed by atoms with E-state index in [4.69, 9.17) is 19.9 Å². The van der Waals surface area contributed by atoms with Crippen LogP contribution in [0.25, 0.3) is 6.08 Å². The number of methoxy groups -OCH3 is 1. The lowest BCUT2D eigenvalue weighted by Gasteiger charge is -2.19. The molecule has 8 nitrogen and oxygen atoms in total. The first-order valence-electron chi connectivity index (χ1n) is 8.35. The summed E-state index contributed by atoms with van der Waals surface area (Å²) in [6.45, 7) is -0.443. The summed E-state index contributed by atoms with van der Waals surface area (Å²) < 4.78 is 15.8. The standard InChI is InChI=1S/C20H18N2O6/c1-26-16-4-2-3-13-9-14(10-27-18(13)16)20(25)28-11-17(23)22-15-7-5-12(6-8-15)19(21)24/h2-9H,10-11H2,1H3,(H2,21,24)(H,22,23). The third-order valence-electron chi connectivity index (χ3n) is 3.98. The number of hydrogen-bond donors (Lipinski definition) is 2. The number of nitrogens with two attached hydrogens (primary N) is 1. The Morgan fingerprint density at radius 3 is 2.57 bits per heavy atom. The van der Waals surface area contributed by atoms with Crippen molar-refractivity contribution in [3.63, 3.8) is 0 Å². The van der Waals surface area contributed by atoms with Gasteiger partial charge in [-0.15, -0.1) is 0 Å². The molecule has 0 unspecified atom stereocenters. The van der Waals surface area contributed by atoms with E-state index in [9.17, 15) is 14.4 Å². The molecule has 2 aromatic carbocycles. The Morgan fingerprint density at radius 2 is 1.89 bits per heavy atom. The molecule has 0 bridgehead atoms. The van der Waals surface area contributed by atoms with Crippen LogP contribution in [0.15, 0.2) is 48.0 Å². The first-order chi connectivity index (χ1) is 13.5. The molecule has 0 fully saturated rings. The molecular weight excluding hydrogens is 364 g/mol. The Morgan fingerprint density at radius 1 is 1.14 bits per heavy atom. The monoisotopic (exact) mass is 382 g/mol. The molecule has 1 aliphatic rings. The zero-order valence-electron chi connectivity index (χ0n) is 15.1. The van der Waals surface area contributed by atoms with Crippen molar-refractivity contribution >= 4 is 29.5 Å². The summed E-state index contributed by atoms with van der Waals surface area (Å²) in [4.78, 5) is 35.2. The Kier molecular flexibility index (Phi) is 5.59. The number of benzene rings is 2. The molecule has 144 valence electrons. The van der Waals surface area contributed by atoms with Gasteiger partial charge >= 0.3 is 5.97 Å². The van der Waals surface area contributed by atoms with Crippen molar-refractivity contribution in [3.05, 3.63) is 59.2 Å². The van der Waals surface area contributed by atoms with Gasteiger partial charge in [-0.3, -0.25) is 9.59 Å². The molecular formula is C20H18N2O6. The van der Waals surface area contributed by atoms with E-state index >= 15 is 0 Å². The van der Waals surface area contributed by atoms with Gasteiger partial charge in [-0.2, -0.15) is 0 Å². The summed E-state index contributed by atoms with van der Waals surface area (Å²) in [5.41, 5.74) is 6.91. The summed E-state index contributed by atoms with van der Waals surface area (Å²) in [5.74, 6) is -0.595. The van der Waals surface area contributed by atoms with Crippen molar-refractivity contribution in [2.75, 3.05) is 25.6 Å². The molecule has 0 saturated carbocycles. The average Bonchev–Trinajstić information content (AvgIpc) is 2.71. The fourth-order valence-corrected chi connectivity index (χ4v) is 2.60. The number of carbonyl (C=O) groups excluding carboxylic acids is 3. The summed E-state index contributed by atoms with van der Waals surface area (Å²) in [6, 6.07) is 11.4. The minimum atomic E-state index is -0.646. The normalized spacial score (nSPS) is 12.1. The second-order valence-corrected chi connectivity index (χ2v) is 5.90. The molecule has 28 heavy (non-hydrogen) atoms. The van der Waals surface area contributed by atoms with Gasteiger partial charge in [-0.1, -0.05) is 12.1 Å². The molecule has 0 aliphatic carbocycles. The van der Waals surface area contributed by atoms with Gasteiger partial charge in [0.15, 0.2) is 18.1 Å². The van der Waals surface area contributed by atoms with Crippen LogP contribution < -0.4 is 20.5 Å². The van der Waals surface area contributed by atoms with Crippen LogP contribution in [0.2, 0.25) is 0 Å². The van der Waals surface area contributed by atoms with Gasteiger partial charge in [0, 0.05) is 16.8 Å². The van der Waals surface area contributed by atoms with E-state index in [1.54, 1.807) is 24.3 Å². The molecule has 1 heterocycles. The molecule has 0 saturated heterocycles. The lowest BCUT2D eigenvalue weighted by Crippen LogP contribution is -2.24. The van der Waals surface area contributed by atoms with Crippen molar-refractivity contribution in [2.45, 2.75) is 0 Å². The van der Waals surface area contributed by atoms with Gasteiger partial charge in [0.2, 0.25) is 5.91 Å². The molecule has 3 N–H and O–H groups in total. The Hall–Kier alpha value is -3.81. The quantitative estimate of drug-likeness (QED) is 0.735. The van der Waals surface area contributed by atoms with Crippen molar-refractivity contribution in [2.24, 2.45) is 5.73 Å². The zero-order valence-corrected chi connectivity index (χ0v) is 15.1. The Bertz CT molecular complexity index is 950. The number of nitrogens with one attached hydrogen (secondary N) is 1. The number of amides is 2. The molecule has 0 aromatic heterocycles. The Balaban J connectivity index is 1.57. The van der Waals surface area contributed by atoms with Crippen molar-refractivity contribution in [1.29, 1.82) is 0 Å². The number of esters is 1. The third-order valence-corrected chi connectivity index (χ3v) is 3.98. The fraction of sp³-hybridized carbons (Fsp3) is 0.150. The van der Waals surface area contributed by atoms with E-state index in [2.05, 4.69) is 5.32 Å². The van der Waals surface area contributed by atoms with E-state index in [1.807, 2.05) is 0 Å². The highest BCUT2D eigenvalue weighted by Crippen LogP contribution is 2.35. The van der Waals surface area contributed by atoms with Crippen LogP contribution in [0.5, 0.6) is 11.5 Å². The first kappa shape index (κ1) is 19.0. The molecule has 8 heteroatoms. The SMILES string of the molecule is COc1cccc2c1OCC(C(=O)OCC(=O)Nc1ccc(C(N)=O)cc1)=C2. The van der Waals surface area contributed by atoms with Crippen molar-refractivity contribution in [3.8, 4) is 11.5 Å². The van der Waals surface area contributed by atoms with Crippen LogP contribution in [0.3, 0.4) is 0 Å². The van der Waals surface area contributed by atoms with Gasteiger partial charge in [-0.05, 0) is 36.4 Å². The zero-order chi connectivity index (χ0) is 20.1. The van der Waals surface area contributed by atoms with Crippen LogP contribution in [-0.4, -0.2) is 38.1 Å². The number of fused-ring (bicyclic) bond motifs is 1. The lowest BCUT2D eigenvalue weighted by atomic mass is 10.1. The number of para-hydroxylation sites is 1. The first-order valence-corrected chi connectivity index (χ1v) is 8.35. The maximum atomic E-state index is 12.2. The maximum Gasteiger partial charge on any atom is 0.338 e. The minimum Gasteiger partial charge on any atom is -0.493 e. The van der Waals surface area contributed by atoms with Crippen molar-refractivity contribution in [1.82, 2.24) is 0 Å². The summed E-state index contributed by atoms with van der Waals surface area (Å²) >= 11 is 0. The van der Waals surface area contributed by atoms with Crippen LogP contribution >= 0.6 is 0 Å². The number of anilines is 1. The third kappa shape index (κ3) is 4.29.